The quantitative estimate of drug-likeness (QED) is 0.573. The molecule has 1 rings (SSSR count). The molecule has 0 saturated carbocycles. The molecule has 1 fully saturated rings. The standard InChI is InChI=1S/C8H19N3O2S/c1-14(12,13)11-5-2-8(7-11)6-10-4-3-9/h8,10H,2-7,9H2,1H3. The van der Waals surface area contributed by atoms with E-state index >= 15 is 0 Å². The van der Waals surface area contributed by atoms with Gasteiger partial charge in [-0.05, 0) is 18.9 Å². The predicted molar refractivity (Wildman–Crippen MR) is 56.4 cm³/mol. The Labute approximate surface area is 85.7 Å². The van der Waals surface area contributed by atoms with Crippen LogP contribution in [0.5, 0.6) is 0 Å². The lowest BCUT2D eigenvalue weighted by Gasteiger charge is -2.13. The van der Waals surface area contributed by atoms with Gasteiger partial charge in [0.05, 0.1) is 6.26 Å². The van der Waals surface area contributed by atoms with Crippen LogP contribution >= 0.6 is 0 Å². The van der Waals surface area contributed by atoms with Gasteiger partial charge in [-0.2, -0.15) is 0 Å². The molecule has 0 bridgehead atoms. The number of sulfonamides is 1. The summed E-state index contributed by atoms with van der Waals surface area (Å²) in [5.41, 5.74) is 5.34. The van der Waals surface area contributed by atoms with Gasteiger partial charge in [0.2, 0.25) is 10.0 Å². The van der Waals surface area contributed by atoms with E-state index in [9.17, 15) is 8.42 Å². The Hall–Kier alpha value is -0.170. The van der Waals surface area contributed by atoms with Crippen LogP contribution in [-0.4, -0.2) is 51.7 Å². The van der Waals surface area contributed by atoms with Crippen LogP contribution in [0.2, 0.25) is 0 Å². The third kappa shape index (κ3) is 3.53. The molecule has 0 radical (unpaired) electrons. The molecule has 1 saturated heterocycles. The summed E-state index contributed by atoms with van der Waals surface area (Å²) in [7, 11) is -2.99. The molecule has 1 unspecified atom stereocenters. The fourth-order valence-electron chi connectivity index (χ4n) is 1.67. The van der Waals surface area contributed by atoms with E-state index in [0.29, 0.717) is 25.6 Å². The second kappa shape index (κ2) is 5.06. The molecule has 3 N–H and O–H groups in total. The van der Waals surface area contributed by atoms with Crippen molar-refractivity contribution in [3.05, 3.63) is 0 Å². The lowest BCUT2D eigenvalue weighted by molar-refractivity contribution is 0.449. The van der Waals surface area contributed by atoms with Crippen molar-refractivity contribution in [2.24, 2.45) is 11.7 Å². The molecular weight excluding hydrogens is 202 g/mol. The Morgan fingerprint density at radius 1 is 1.57 bits per heavy atom. The van der Waals surface area contributed by atoms with Crippen LogP contribution < -0.4 is 11.1 Å². The highest BCUT2D eigenvalue weighted by molar-refractivity contribution is 7.88. The molecular formula is C8H19N3O2S. The van der Waals surface area contributed by atoms with E-state index in [4.69, 9.17) is 5.73 Å². The van der Waals surface area contributed by atoms with Crippen molar-refractivity contribution >= 4 is 10.0 Å². The van der Waals surface area contributed by atoms with Crippen LogP contribution in [0.3, 0.4) is 0 Å². The van der Waals surface area contributed by atoms with Crippen LogP contribution in [0.15, 0.2) is 0 Å². The number of nitrogens with zero attached hydrogens (tertiary/aromatic N) is 1. The van der Waals surface area contributed by atoms with Crippen molar-refractivity contribution in [2.45, 2.75) is 6.42 Å². The maximum atomic E-state index is 11.2. The minimum atomic E-state index is -2.99. The number of rotatable bonds is 5. The van der Waals surface area contributed by atoms with Crippen molar-refractivity contribution in [1.82, 2.24) is 9.62 Å². The van der Waals surface area contributed by atoms with Crippen molar-refractivity contribution in [3.8, 4) is 0 Å². The molecule has 0 aromatic carbocycles. The first-order valence-electron chi connectivity index (χ1n) is 4.90. The second-order valence-corrected chi connectivity index (χ2v) is 5.75. The highest BCUT2D eigenvalue weighted by Gasteiger charge is 2.27. The minimum Gasteiger partial charge on any atom is -0.329 e. The highest BCUT2D eigenvalue weighted by atomic mass is 32.2. The number of hydrogen-bond acceptors (Lipinski definition) is 4. The largest absolute Gasteiger partial charge is 0.329 e. The summed E-state index contributed by atoms with van der Waals surface area (Å²) in [6.45, 7) is 3.60. The number of nitrogens with one attached hydrogen (secondary N) is 1. The van der Waals surface area contributed by atoms with Gasteiger partial charge in [0, 0.05) is 26.2 Å². The fraction of sp³-hybridized carbons (Fsp3) is 1.00. The summed E-state index contributed by atoms with van der Waals surface area (Å²) in [6.07, 6.45) is 2.22. The Kier molecular flexibility index (Phi) is 4.31. The molecule has 0 amide bonds. The monoisotopic (exact) mass is 221 g/mol. The Balaban J connectivity index is 2.28. The van der Waals surface area contributed by atoms with Crippen molar-refractivity contribution in [2.75, 3.05) is 39.0 Å². The van der Waals surface area contributed by atoms with Crippen LogP contribution in [0, 0.1) is 5.92 Å². The van der Waals surface area contributed by atoms with Crippen molar-refractivity contribution < 1.29 is 8.42 Å². The van der Waals surface area contributed by atoms with Gasteiger partial charge in [-0.25, -0.2) is 12.7 Å². The third-order valence-electron chi connectivity index (χ3n) is 2.47. The molecule has 1 atom stereocenters. The number of nitrogens with two attached hydrogens (primary N) is 1. The normalized spacial score (nSPS) is 24.3. The smallest absolute Gasteiger partial charge is 0.211 e. The highest BCUT2D eigenvalue weighted by Crippen LogP contribution is 2.17. The Morgan fingerprint density at radius 2 is 2.29 bits per heavy atom. The van der Waals surface area contributed by atoms with Gasteiger partial charge in [-0.1, -0.05) is 0 Å². The Bertz CT molecular complexity index is 266. The van der Waals surface area contributed by atoms with Crippen LogP contribution in [-0.2, 0) is 10.0 Å². The average molecular weight is 221 g/mol. The summed E-state index contributed by atoms with van der Waals surface area (Å²) < 4.78 is 23.9. The average Bonchev–Trinajstić information content (AvgIpc) is 2.52. The molecule has 1 aliphatic rings. The maximum Gasteiger partial charge on any atom is 0.211 e. The SMILES string of the molecule is CS(=O)(=O)N1CCC(CNCCN)C1. The first kappa shape index (κ1) is 11.9. The van der Waals surface area contributed by atoms with Gasteiger partial charge in [-0.15, -0.1) is 0 Å². The maximum absolute atomic E-state index is 11.2. The molecule has 1 aliphatic heterocycles. The summed E-state index contributed by atoms with van der Waals surface area (Å²) in [5, 5.41) is 3.20. The summed E-state index contributed by atoms with van der Waals surface area (Å²) in [4.78, 5) is 0. The molecule has 5 nitrogen and oxygen atoms in total. The molecule has 1 heterocycles. The third-order valence-corrected chi connectivity index (χ3v) is 3.74. The van der Waals surface area contributed by atoms with Crippen LogP contribution in [0.25, 0.3) is 0 Å². The second-order valence-electron chi connectivity index (χ2n) is 3.77. The van der Waals surface area contributed by atoms with Gasteiger partial charge in [0.15, 0.2) is 0 Å². The molecule has 0 aromatic heterocycles. The van der Waals surface area contributed by atoms with Crippen LogP contribution in [0.1, 0.15) is 6.42 Å². The molecule has 0 aromatic rings. The van der Waals surface area contributed by atoms with E-state index in [1.165, 1.54) is 6.26 Å². The molecule has 6 heteroatoms. The summed E-state index contributed by atoms with van der Waals surface area (Å²) in [6, 6.07) is 0. The predicted octanol–water partition coefficient (Wildman–Crippen LogP) is -1.18. The lowest BCUT2D eigenvalue weighted by atomic mass is 10.1. The van der Waals surface area contributed by atoms with Gasteiger partial charge >= 0.3 is 0 Å². The zero-order chi connectivity index (χ0) is 10.6. The number of hydrogen-bond donors (Lipinski definition) is 2. The molecule has 84 valence electrons. The van der Waals surface area contributed by atoms with E-state index < -0.39 is 10.0 Å². The Morgan fingerprint density at radius 3 is 2.79 bits per heavy atom. The molecule has 0 spiro atoms. The summed E-state index contributed by atoms with van der Waals surface area (Å²) in [5.74, 6) is 0.441. The van der Waals surface area contributed by atoms with E-state index in [2.05, 4.69) is 5.32 Å². The van der Waals surface area contributed by atoms with Gasteiger partial charge in [0.1, 0.15) is 0 Å². The first-order chi connectivity index (χ1) is 6.54. The van der Waals surface area contributed by atoms with E-state index in [-0.39, 0.29) is 0 Å². The lowest BCUT2D eigenvalue weighted by Crippen LogP contribution is -2.31. The van der Waals surface area contributed by atoms with E-state index in [1.54, 1.807) is 4.31 Å². The van der Waals surface area contributed by atoms with Crippen LogP contribution in [0.4, 0.5) is 0 Å². The van der Waals surface area contributed by atoms with Crippen molar-refractivity contribution in [3.63, 3.8) is 0 Å². The first-order valence-corrected chi connectivity index (χ1v) is 6.75. The minimum absolute atomic E-state index is 0.441. The summed E-state index contributed by atoms with van der Waals surface area (Å²) >= 11 is 0. The van der Waals surface area contributed by atoms with Crippen molar-refractivity contribution in [1.29, 1.82) is 0 Å². The van der Waals surface area contributed by atoms with Gasteiger partial charge in [0.25, 0.3) is 0 Å². The van der Waals surface area contributed by atoms with Gasteiger partial charge < -0.3 is 11.1 Å². The van der Waals surface area contributed by atoms with E-state index in [0.717, 1.165) is 19.5 Å². The zero-order valence-corrected chi connectivity index (χ0v) is 9.39. The zero-order valence-electron chi connectivity index (χ0n) is 8.57. The van der Waals surface area contributed by atoms with E-state index in [1.807, 2.05) is 0 Å². The molecule has 14 heavy (non-hydrogen) atoms. The molecule has 0 aliphatic carbocycles. The fourth-order valence-corrected chi connectivity index (χ4v) is 2.59. The topological polar surface area (TPSA) is 75.4 Å². The van der Waals surface area contributed by atoms with Gasteiger partial charge in [-0.3, -0.25) is 0 Å².